The molecule has 2 aromatic rings. The number of aliphatic hydroxyl groups excluding tert-OH is 1. The zero-order chi connectivity index (χ0) is 15.7. The molecule has 1 fully saturated rings. The van der Waals surface area contributed by atoms with Gasteiger partial charge in [0, 0.05) is 42.6 Å². The number of hydrogen-bond donors (Lipinski definition) is 2. The lowest BCUT2D eigenvalue weighted by molar-refractivity contribution is -0.384. The van der Waals surface area contributed by atoms with Crippen LogP contribution in [0.3, 0.4) is 0 Å². The van der Waals surface area contributed by atoms with Gasteiger partial charge in [-0.15, -0.1) is 10.2 Å². The fourth-order valence-electron chi connectivity index (χ4n) is 2.82. The van der Waals surface area contributed by atoms with Crippen LogP contribution in [0.5, 0.6) is 0 Å². The molecule has 1 saturated heterocycles. The third-order valence-corrected chi connectivity index (χ3v) is 4.16. The summed E-state index contributed by atoms with van der Waals surface area (Å²) >= 11 is 0. The lowest BCUT2D eigenvalue weighted by atomic mass is 9.97. The van der Waals surface area contributed by atoms with E-state index in [2.05, 4.69) is 15.1 Å². The van der Waals surface area contributed by atoms with Gasteiger partial charge in [-0.2, -0.15) is 0 Å². The standard InChI is InChI=1S/C14H17N5O3/c15-13-12-7-10(19(21)22)1-2-11(12)14(17-16-13)18-5-3-9(8-20)4-6-18/h1-2,7,9,20H,3-6,8H2,(H2,15,16). The summed E-state index contributed by atoms with van der Waals surface area (Å²) in [5.41, 5.74) is 5.80. The average Bonchev–Trinajstić information content (AvgIpc) is 2.55. The van der Waals surface area contributed by atoms with Gasteiger partial charge in [-0.05, 0) is 24.8 Å². The van der Waals surface area contributed by atoms with Gasteiger partial charge in [-0.3, -0.25) is 10.1 Å². The first-order valence-corrected chi connectivity index (χ1v) is 7.16. The minimum absolute atomic E-state index is 0.0165. The van der Waals surface area contributed by atoms with Gasteiger partial charge in [-0.1, -0.05) is 0 Å². The van der Waals surface area contributed by atoms with Gasteiger partial charge in [0.25, 0.3) is 5.69 Å². The largest absolute Gasteiger partial charge is 0.396 e. The second-order valence-electron chi connectivity index (χ2n) is 5.51. The van der Waals surface area contributed by atoms with Crippen LogP contribution in [-0.2, 0) is 0 Å². The molecule has 8 heteroatoms. The molecule has 0 spiro atoms. The number of anilines is 2. The number of nitrogen functional groups attached to an aromatic ring is 1. The molecule has 0 saturated carbocycles. The SMILES string of the molecule is Nc1nnc(N2CCC(CO)CC2)c2ccc([N+](=O)[O-])cc12. The number of nitrogens with zero attached hydrogens (tertiary/aromatic N) is 4. The smallest absolute Gasteiger partial charge is 0.270 e. The summed E-state index contributed by atoms with van der Waals surface area (Å²) in [6, 6.07) is 4.56. The Labute approximate surface area is 126 Å². The van der Waals surface area contributed by atoms with Gasteiger partial charge in [0.2, 0.25) is 0 Å². The summed E-state index contributed by atoms with van der Waals surface area (Å²) in [4.78, 5) is 12.5. The molecule has 0 aliphatic carbocycles. The minimum Gasteiger partial charge on any atom is -0.396 e. The van der Waals surface area contributed by atoms with E-state index in [1.54, 1.807) is 6.07 Å². The molecule has 22 heavy (non-hydrogen) atoms. The number of nitrogens with two attached hydrogens (primary N) is 1. The predicted octanol–water partition coefficient (Wildman–Crippen LogP) is 1.33. The molecule has 2 heterocycles. The number of nitro benzene ring substituents is 1. The fourth-order valence-corrected chi connectivity index (χ4v) is 2.82. The first kappa shape index (κ1) is 14.5. The van der Waals surface area contributed by atoms with Crippen molar-refractivity contribution in [2.75, 3.05) is 30.3 Å². The average molecular weight is 303 g/mol. The summed E-state index contributed by atoms with van der Waals surface area (Å²) in [5, 5.41) is 29.5. The Morgan fingerprint density at radius 2 is 2.05 bits per heavy atom. The lowest BCUT2D eigenvalue weighted by Crippen LogP contribution is -2.35. The van der Waals surface area contributed by atoms with Crippen LogP contribution in [0.1, 0.15) is 12.8 Å². The van der Waals surface area contributed by atoms with Crippen LogP contribution in [0.25, 0.3) is 10.8 Å². The van der Waals surface area contributed by atoms with Gasteiger partial charge in [-0.25, -0.2) is 0 Å². The van der Waals surface area contributed by atoms with Gasteiger partial charge < -0.3 is 15.7 Å². The molecule has 0 bridgehead atoms. The van der Waals surface area contributed by atoms with E-state index in [0.717, 1.165) is 31.3 Å². The maximum absolute atomic E-state index is 10.9. The van der Waals surface area contributed by atoms with Crippen LogP contribution in [-0.4, -0.2) is 39.9 Å². The Bertz CT molecular complexity index is 713. The third-order valence-electron chi connectivity index (χ3n) is 4.16. The van der Waals surface area contributed by atoms with Crippen molar-refractivity contribution in [1.29, 1.82) is 0 Å². The Balaban J connectivity index is 2.00. The highest BCUT2D eigenvalue weighted by Gasteiger charge is 2.22. The third kappa shape index (κ3) is 2.52. The van der Waals surface area contributed by atoms with Crippen LogP contribution in [0, 0.1) is 16.0 Å². The van der Waals surface area contributed by atoms with Crippen molar-refractivity contribution in [3.8, 4) is 0 Å². The first-order valence-electron chi connectivity index (χ1n) is 7.16. The molecule has 1 aromatic carbocycles. The normalized spacial score (nSPS) is 16.1. The van der Waals surface area contributed by atoms with E-state index in [9.17, 15) is 15.2 Å². The van der Waals surface area contributed by atoms with Gasteiger partial charge in [0.15, 0.2) is 11.6 Å². The van der Waals surface area contributed by atoms with Gasteiger partial charge >= 0.3 is 0 Å². The van der Waals surface area contributed by atoms with Crippen molar-refractivity contribution in [2.24, 2.45) is 5.92 Å². The Hall–Kier alpha value is -2.48. The van der Waals surface area contributed by atoms with Crippen LogP contribution in [0.4, 0.5) is 17.3 Å². The molecule has 1 aromatic heterocycles. The maximum Gasteiger partial charge on any atom is 0.270 e. The molecular formula is C14H17N5O3. The number of non-ortho nitro benzene ring substituents is 1. The quantitative estimate of drug-likeness (QED) is 0.648. The number of aliphatic hydroxyl groups is 1. The van der Waals surface area contributed by atoms with Crippen LogP contribution in [0.2, 0.25) is 0 Å². The Morgan fingerprint density at radius 3 is 2.68 bits per heavy atom. The summed E-state index contributed by atoms with van der Waals surface area (Å²) < 4.78 is 0. The molecule has 0 atom stereocenters. The first-order chi connectivity index (χ1) is 10.6. The van der Waals surface area contributed by atoms with E-state index in [1.165, 1.54) is 12.1 Å². The van der Waals surface area contributed by atoms with E-state index < -0.39 is 4.92 Å². The highest BCUT2D eigenvalue weighted by Crippen LogP contribution is 2.32. The number of hydrogen-bond acceptors (Lipinski definition) is 7. The Kier molecular flexibility index (Phi) is 3.76. The monoisotopic (exact) mass is 303 g/mol. The second-order valence-corrected chi connectivity index (χ2v) is 5.51. The van der Waals surface area contributed by atoms with Crippen molar-refractivity contribution in [3.63, 3.8) is 0 Å². The molecule has 0 amide bonds. The fraction of sp³-hybridized carbons (Fsp3) is 0.429. The molecule has 8 nitrogen and oxygen atoms in total. The summed E-state index contributed by atoms with van der Waals surface area (Å²) in [7, 11) is 0. The molecule has 1 aliphatic rings. The second kappa shape index (κ2) is 5.72. The molecule has 0 unspecified atom stereocenters. The van der Waals surface area contributed by atoms with E-state index >= 15 is 0 Å². The number of rotatable bonds is 3. The van der Waals surface area contributed by atoms with Crippen molar-refractivity contribution in [1.82, 2.24) is 10.2 Å². The molecule has 1 aliphatic heterocycles. The van der Waals surface area contributed by atoms with Crippen LogP contribution >= 0.6 is 0 Å². The number of aromatic nitrogens is 2. The maximum atomic E-state index is 10.9. The molecule has 116 valence electrons. The highest BCUT2D eigenvalue weighted by atomic mass is 16.6. The molecule has 0 radical (unpaired) electrons. The van der Waals surface area contributed by atoms with Gasteiger partial charge in [0.05, 0.1) is 4.92 Å². The van der Waals surface area contributed by atoms with E-state index in [0.29, 0.717) is 17.1 Å². The Morgan fingerprint density at radius 1 is 1.32 bits per heavy atom. The van der Waals surface area contributed by atoms with E-state index in [1.807, 2.05) is 0 Å². The molecule has 3 rings (SSSR count). The van der Waals surface area contributed by atoms with Gasteiger partial charge in [0.1, 0.15) is 0 Å². The van der Waals surface area contributed by atoms with E-state index in [-0.39, 0.29) is 18.1 Å². The van der Waals surface area contributed by atoms with Crippen LogP contribution in [0.15, 0.2) is 18.2 Å². The minimum atomic E-state index is -0.453. The molecular weight excluding hydrogens is 286 g/mol. The topological polar surface area (TPSA) is 118 Å². The number of piperidine rings is 1. The summed E-state index contributed by atoms with van der Waals surface area (Å²) in [6.07, 6.45) is 1.77. The van der Waals surface area contributed by atoms with Crippen molar-refractivity contribution < 1.29 is 10.0 Å². The van der Waals surface area contributed by atoms with E-state index in [4.69, 9.17) is 5.73 Å². The van der Waals surface area contributed by atoms with Crippen molar-refractivity contribution >= 4 is 28.1 Å². The number of benzene rings is 1. The van der Waals surface area contributed by atoms with Crippen molar-refractivity contribution in [3.05, 3.63) is 28.3 Å². The zero-order valence-electron chi connectivity index (χ0n) is 12.0. The van der Waals surface area contributed by atoms with Crippen LogP contribution < -0.4 is 10.6 Å². The number of fused-ring (bicyclic) bond motifs is 1. The highest BCUT2D eigenvalue weighted by molar-refractivity contribution is 5.99. The lowest BCUT2D eigenvalue weighted by Gasteiger charge is -2.32. The van der Waals surface area contributed by atoms with Crippen molar-refractivity contribution in [2.45, 2.75) is 12.8 Å². The zero-order valence-corrected chi connectivity index (χ0v) is 12.0. The predicted molar refractivity (Wildman–Crippen MR) is 82.6 cm³/mol. The number of nitro groups is 1. The molecule has 3 N–H and O–H groups in total. The summed E-state index contributed by atoms with van der Waals surface area (Å²) in [5.74, 6) is 1.20. The summed E-state index contributed by atoms with van der Waals surface area (Å²) in [6.45, 7) is 1.75.